The van der Waals surface area contributed by atoms with Crippen molar-refractivity contribution in [1.82, 2.24) is 4.90 Å². The molecule has 4 heteroatoms. The van der Waals surface area contributed by atoms with Gasteiger partial charge in [0.25, 0.3) is 0 Å². The van der Waals surface area contributed by atoms with Gasteiger partial charge >= 0.3 is 0 Å². The highest BCUT2D eigenvalue weighted by Gasteiger charge is 2.40. The van der Waals surface area contributed by atoms with Crippen LogP contribution in [0, 0.1) is 17.7 Å². The maximum absolute atomic E-state index is 13.2. The van der Waals surface area contributed by atoms with Crippen LogP contribution in [-0.4, -0.2) is 24.0 Å². The summed E-state index contributed by atoms with van der Waals surface area (Å²) in [6.07, 6.45) is 2.39. The summed E-state index contributed by atoms with van der Waals surface area (Å²) in [5.41, 5.74) is 7.00. The van der Waals surface area contributed by atoms with Gasteiger partial charge in [-0.2, -0.15) is 0 Å². The largest absolute Gasteiger partial charge is 0.327 e. The Morgan fingerprint density at radius 1 is 1.33 bits per heavy atom. The van der Waals surface area contributed by atoms with Gasteiger partial charge in [-0.3, -0.25) is 4.90 Å². The molecule has 2 N–H and O–H groups in total. The Kier molecular flexibility index (Phi) is 3.31. The Morgan fingerprint density at radius 3 is 2.94 bits per heavy atom. The average molecular weight is 269 g/mol. The van der Waals surface area contributed by atoms with E-state index in [1.165, 1.54) is 18.6 Å². The first kappa shape index (κ1) is 12.4. The van der Waals surface area contributed by atoms with Crippen molar-refractivity contribution < 1.29 is 4.39 Å². The molecule has 1 saturated carbocycles. The van der Waals surface area contributed by atoms with E-state index >= 15 is 0 Å². The molecule has 1 heterocycles. The maximum Gasteiger partial charge on any atom is 0.123 e. The van der Waals surface area contributed by atoms with Gasteiger partial charge in [0.1, 0.15) is 5.82 Å². The molecule has 0 aromatic heterocycles. The number of benzene rings is 1. The van der Waals surface area contributed by atoms with Crippen LogP contribution in [0.2, 0.25) is 5.02 Å². The Bertz CT molecular complexity index is 451. The number of rotatable bonds is 2. The fourth-order valence-corrected chi connectivity index (χ4v) is 3.61. The van der Waals surface area contributed by atoms with Crippen molar-refractivity contribution in [3.8, 4) is 0 Å². The lowest BCUT2D eigenvalue weighted by molar-refractivity contribution is 0.298. The minimum atomic E-state index is -0.217. The van der Waals surface area contributed by atoms with Crippen molar-refractivity contribution >= 4 is 11.6 Å². The van der Waals surface area contributed by atoms with Gasteiger partial charge < -0.3 is 5.73 Å². The van der Waals surface area contributed by atoms with E-state index < -0.39 is 0 Å². The number of fused-ring (bicyclic) bond motifs is 1. The van der Waals surface area contributed by atoms with Crippen molar-refractivity contribution in [2.45, 2.75) is 25.4 Å². The van der Waals surface area contributed by atoms with E-state index in [1.54, 1.807) is 6.07 Å². The first-order valence-corrected chi connectivity index (χ1v) is 6.93. The highest BCUT2D eigenvalue weighted by molar-refractivity contribution is 6.31. The van der Waals surface area contributed by atoms with E-state index in [-0.39, 0.29) is 5.82 Å². The molecule has 2 fully saturated rings. The normalized spacial score (nSPS) is 31.8. The molecule has 1 aromatic carbocycles. The maximum atomic E-state index is 13.2. The Morgan fingerprint density at radius 2 is 2.17 bits per heavy atom. The molecule has 1 aliphatic carbocycles. The van der Waals surface area contributed by atoms with E-state index in [0.29, 0.717) is 17.0 Å². The molecule has 0 spiro atoms. The summed E-state index contributed by atoms with van der Waals surface area (Å²) in [5, 5.41) is 0.651. The molecule has 3 unspecified atom stereocenters. The number of likely N-dealkylation sites (tertiary alicyclic amines) is 1. The van der Waals surface area contributed by atoms with Gasteiger partial charge in [0.2, 0.25) is 0 Å². The van der Waals surface area contributed by atoms with Crippen molar-refractivity contribution in [2.24, 2.45) is 17.6 Å². The molecule has 3 atom stereocenters. The third kappa shape index (κ3) is 2.27. The van der Waals surface area contributed by atoms with Crippen LogP contribution in [-0.2, 0) is 6.54 Å². The van der Waals surface area contributed by atoms with E-state index in [2.05, 4.69) is 4.90 Å². The first-order chi connectivity index (χ1) is 8.63. The highest BCUT2D eigenvalue weighted by atomic mass is 35.5. The van der Waals surface area contributed by atoms with Gasteiger partial charge in [0, 0.05) is 30.7 Å². The van der Waals surface area contributed by atoms with Crippen molar-refractivity contribution in [3.63, 3.8) is 0 Å². The molecular formula is C14H18ClFN2. The number of hydrogen-bond acceptors (Lipinski definition) is 2. The van der Waals surface area contributed by atoms with E-state index in [9.17, 15) is 4.39 Å². The molecule has 98 valence electrons. The fraction of sp³-hybridized carbons (Fsp3) is 0.571. The third-order valence-corrected chi connectivity index (χ3v) is 4.76. The Labute approximate surface area is 112 Å². The summed E-state index contributed by atoms with van der Waals surface area (Å²) in [7, 11) is 0. The van der Waals surface area contributed by atoms with E-state index in [4.69, 9.17) is 17.3 Å². The molecule has 0 radical (unpaired) electrons. The summed E-state index contributed by atoms with van der Waals surface area (Å²) >= 11 is 6.11. The van der Waals surface area contributed by atoms with Crippen molar-refractivity contribution in [1.29, 1.82) is 0 Å². The van der Waals surface area contributed by atoms with Gasteiger partial charge in [-0.1, -0.05) is 11.6 Å². The van der Waals surface area contributed by atoms with Gasteiger partial charge in [-0.25, -0.2) is 4.39 Å². The second-order valence-corrected chi connectivity index (χ2v) is 6.00. The molecule has 2 nitrogen and oxygen atoms in total. The molecule has 3 rings (SSSR count). The van der Waals surface area contributed by atoms with Crippen LogP contribution in [0.3, 0.4) is 0 Å². The van der Waals surface area contributed by atoms with Crippen molar-refractivity contribution in [2.75, 3.05) is 13.1 Å². The molecule has 2 aliphatic rings. The quantitative estimate of drug-likeness (QED) is 0.894. The zero-order chi connectivity index (χ0) is 12.7. The summed E-state index contributed by atoms with van der Waals surface area (Å²) in [6, 6.07) is 4.93. The van der Waals surface area contributed by atoms with Crippen LogP contribution < -0.4 is 5.73 Å². The second-order valence-electron chi connectivity index (χ2n) is 5.59. The zero-order valence-corrected chi connectivity index (χ0v) is 11.0. The average Bonchev–Trinajstić information content (AvgIpc) is 2.87. The Balaban J connectivity index is 1.69. The predicted octanol–water partition coefficient (Wildman–Crippen LogP) is 2.65. The zero-order valence-electron chi connectivity index (χ0n) is 10.3. The lowest BCUT2D eigenvalue weighted by Crippen LogP contribution is -2.30. The number of hydrogen-bond donors (Lipinski definition) is 1. The molecule has 1 saturated heterocycles. The summed E-state index contributed by atoms with van der Waals surface area (Å²) in [4.78, 5) is 2.36. The Hall–Kier alpha value is -0.640. The van der Waals surface area contributed by atoms with Crippen LogP contribution in [0.1, 0.15) is 18.4 Å². The van der Waals surface area contributed by atoms with Crippen LogP contribution in [0.15, 0.2) is 18.2 Å². The van der Waals surface area contributed by atoms with Gasteiger partial charge in [0.05, 0.1) is 0 Å². The summed E-state index contributed by atoms with van der Waals surface area (Å²) in [6.45, 7) is 2.83. The smallest absolute Gasteiger partial charge is 0.123 e. The van der Waals surface area contributed by atoms with E-state index in [1.807, 2.05) is 0 Å². The van der Waals surface area contributed by atoms with Crippen molar-refractivity contribution in [3.05, 3.63) is 34.6 Å². The predicted molar refractivity (Wildman–Crippen MR) is 70.9 cm³/mol. The second kappa shape index (κ2) is 4.80. The van der Waals surface area contributed by atoms with Crippen LogP contribution in [0.25, 0.3) is 0 Å². The topological polar surface area (TPSA) is 29.3 Å². The summed E-state index contributed by atoms with van der Waals surface area (Å²) in [5.74, 6) is 1.13. The van der Waals surface area contributed by atoms with Crippen LogP contribution >= 0.6 is 11.6 Å². The monoisotopic (exact) mass is 268 g/mol. The molecule has 18 heavy (non-hydrogen) atoms. The summed E-state index contributed by atoms with van der Waals surface area (Å²) < 4.78 is 13.2. The molecule has 0 bridgehead atoms. The first-order valence-electron chi connectivity index (χ1n) is 6.55. The fourth-order valence-electron chi connectivity index (χ4n) is 3.43. The number of nitrogens with zero attached hydrogens (tertiary/aromatic N) is 1. The van der Waals surface area contributed by atoms with E-state index in [0.717, 1.165) is 37.5 Å². The van der Waals surface area contributed by atoms with Gasteiger partial charge in [0.15, 0.2) is 0 Å². The number of nitrogens with two attached hydrogens (primary N) is 1. The van der Waals surface area contributed by atoms with Gasteiger partial charge in [-0.05, 0) is 48.4 Å². The minimum absolute atomic E-state index is 0.217. The lowest BCUT2D eigenvalue weighted by atomic mass is 9.98. The minimum Gasteiger partial charge on any atom is -0.327 e. The molecule has 0 amide bonds. The van der Waals surface area contributed by atoms with Crippen LogP contribution in [0.4, 0.5) is 4.39 Å². The molecular weight excluding hydrogens is 251 g/mol. The van der Waals surface area contributed by atoms with Gasteiger partial charge in [-0.15, -0.1) is 0 Å². The lowest BCUT2D eigenvalue weighted by Gasteiger charge is -2.19. The molecule has 1 aliphatic heterocycles. The standard InChI is InChI=1S/C14H18ClFN2/c15-13-3-2-11(16)5-10(13)7-18-6-9-1-4-14(17)12(9)8-18/h2-3,5,9,12,14H,1,4,6-8,17H2. The van der Waals surface area contributed by atoms with Crippen LogP contribution in [0.5, 0.6) is 0 Å². The highest BCUT2D eigenvalue weighted by Crippen LogP contribution is 2.37. The third-order valence-electron chi connectivity index (χ3n) is 4.39. The SMILES string of the molecule is NC1CCC2CN(Cc3cc(F)ccc3Cl)CC12. The molecule has 1 aromatic rings. The number of halogens is 2.